The highest BCUT2D eigenvalue weighted by Gasteiger charge is 2.36. The molecule has 0 aliphatic carbocycles. The molecule has 1 amide bonds. The summed E-state index contributed by atoms with van der Waals surface area (Å²) in [5.41, 5.74) is 2.60. The first-order valence-electron chi connectivity index (χ1n) is 8.99. The van der Waals surface area contributed by atoms with Gasteiger partial charge in [-0.3, -0.25) is 9.48 Å². The molecule has 6 heteroatoms. The second kappa shape index (κ2) is 6.48. The van der Waals surface area contributed by atoms with Crippen molar-refractivity contribution in [2.45, 2.75) is 64.8 Å². The molecule has 3 rings (SSSR count). The smallest absolute Gasteiger partial charge is 0.274 e. The van der Waals surface area contributed by atoms with Crippen LogP contribution < -0.4 is 0 Å². The van der Waals surface area contributed by atoms with E-state index in [9.17, 15) is 4.79 Å². The fourth-order valence-electron chi connectivity index (χ4n) is 4.04. The van der Waals surface area contributed by atoms with Crippen molar-refractivity contribution in [1.29, 1.82) is 0 Å². The lowest BCUT2D eigenvalue weighted by atomic mass is 9.92. The van der Waals surface area contributed by atoms with Gasteiger partial charge in [0.1, 0.15) is 0 Å². The molecule has 2 aliphatic rings. The number of hydrogen-bond donors (Lipinski definition) is 0. The van der Waals surface area contributed by atoms with Gasteiger partial charge in [0.2, 0.25) is 0 Å². The second-order valence-corrected chi connectivity index (χ2v) is 7.30. The Labute approximate surface area is 144 Å². The molecule has 3 heterocycles. The van der Waals surface area contributed by atoms with Gasteiger partial charge in [-0.1, -0.05) is 0 Å². The van der Waals surface area contributed by atoms with Crippen LogP contribution in [0.2, 0.25) is 0 Å². The number of aromatic nitrogens is 2. The zero-order valence-corrected chi connectivity index (χ0v) is 15.5. The molecule has 0 N–H and O–H groups in total. The fraction of sp³-hybridized carbons (Fsp3) is 0.778. The number of likely N-dealkylation sites (tertiary alicyclic amines) is 1. The topological polar surface area (TPSA) is 56.6 Å². The van der Waals surface area contributed by atoms with Crippen LogP contribution in [0.3, 0.4) is 0 Å². The summed E-state index contributed by atoms with van der Waals surface area (Å²) in [5.74, 6) is 0.0479. The van der Waals surface area contributed by atoms with E-state index >= 15 is 0 Å². The van der Waals surface area contributed by atoms with Gasteiger partial charge in [-0.25, -0.2) is 0 Å². The number of piperidine rings is 1. The lowest BCUT2D eigenvalue weighted by Gasteiger charge is -2.39. The van der Waals surface area contributed by atoms with Crippen LogP contribution in [0.5, 0.6) is 0 Å². The molecular weight excluding hydrogens is 306 g/mol. The Balaban J connectivity index is 1.79. The molecule has 1 aromatic rings. The van der Waals surface area contributed by atoms with Gasteiger partial charge >= 0.3 is 0 Å². The van der Waals surface area contributed by atoms with Gasteiger partial charge in [0, 0.05) is 38.7 Å². The first kappa shape index (κ1) is 17.4. The molecule has 134 valence electrons. The van der Waals surface area contributed by atoms with Gasteiger partial charge in [0.05, 0.1) is 23.5 Å². The van der Waals surface area contributed by atoms with Gasteiger partial charge in [-0.05, 0) is 40.5 Å². The zero-order valence-electron chi connectivity index (χ0n) is 15.5. The predicted octanol–water partition coefficient (Wildman–Crippen LogP) is 2.47. The Bertz CT molecular complexity index is 617. The Kier molecular flexibility index (Phi) is 4.71. The molecule has 2 aliphatic heterocycles. The highest BCUT2D eigenvalue weighted by Crippen LogP contribution is 2.33. The first-order chi connectivity index (χ1) is 11.3. The molecule has 1 fully saturated rings. The number of carbonyl (C=O) groups excluding carboxylic acids is 1. The van der Waals surface area contributed by atoms with Crippen molar-refractivity contribution < 1.29 is 14.3 Å². The number of rotatable bonds is 3. The Morgan fingerprint density at radius 2 is 2.04 bits per heavy atom. The minimum Gasteiger partial charge on any atom is -0.375 e. The van der Waals surface area contributed by atoms with E-state index in [4.69, 9.17) is 9.47 Å². The van der Waals surface area contributed by atoms with E-state index in [2.05, 4.69) is 18.9 Å². The molecular formula is C18H29N3O3. The summed E-state index contributed by atoms with van der Waals surface area (Å²) in [6.07, 6.45) is 2.59. The Morgan fingerprint density at radius 3 is 2.67 bits per heavy atom. The molecule has 2 atom stereocenters. The SMILES string of the molecule is CCOC1(C)CCN(C(=O)c2nn(C)c3c2C[C@H](C)O[C@@H]3C)CC1. The monoisotopic (exact) mass is 335 g/mol. The van der Waals surface area contributed by atoms with E-state index in [1.165, 1.54) is 0 Å². The summed E-state index contributed by atoms with van der Waals surface area (Å²) >= 11 is 0. The van der Waals surface area contributed by atoms with E-state index in [-0.39, 0.29) is 23.7 Å². The largest absolute Gasteiger partial charge is 0.375 e. The zero-order chi connectivity index (χ0) is 17.5. The minimum atomic E-state index is -0.105. The van der Waals surface area contributed by atoms with Gasteiger partial charge in [0.15, 0.2) is 5.69 Å². The summed E-state index contributed by atoms with van der Waals surface area (Å²) in [7, 11) is 1.90. The molecule has 0 saturated carbocycles. The maximum absolute atomic E-state index is 13.0. The van der Waals surface area contributed by atoms with Gasteiger partial charge < -0.3 is 14.4 Å². The molecule has 6 nitrogen and oxygen atoms in total. The summed E-state index contributed by atoms with van der Waals surface area (Å²) in [6, 6.07) is 0. The van der Waals surface area contributed by atoms with E-state index in [1.807, 2.05) is 30.5 Å². The highest BCUT2D eigenvalue weighted by atomic mass is 16.5. The standard InChI is InChI=1S/C18H29N3O3/c1-6-23-18(4)7-9-21(10-8-18)17(22)15-14-11-12(2)24-13(3)16(14)20(5)19-15/h12-13H,6-11H2,1-5H3/t12-,13+/m0/s1. The normalized spacial score (nSPS) is 26.3. The number of nitrogens with zero attached hydrogens (tertiary/aromatic N) is 3. The van der Waals surface area contributed by atoms with Crippen molar-refractivity contribution >= 4 is 5.91 Å². The number of hydrogen-bond acceptors (Lipinski definition) is 4. The van der Waals surface area contributed by atoms with Crippen LogP contribution in [0.1, 0.15) is 68.4 Å². The lowest BCUT2D eigenvalue weighted by molar-refractivity contribution is -0.0612. The van der Waals surface area contributed by atoms with Gasteiger partial charge in [-0.15, -0.1) is 0 Å². The van der Waals surface area contributed by atoms with Crippen LogP contribution in [0.4, 0.5) is 0 Å². The van der Waals surface area contributed by atoms with Crippen LogP contribution in [-0.2, 0) is 22.9 Å². The molecule has 0 spiro atoms. The summed E-state index contributed by atoms with van der Waals surface area (Å²) < 4.78 is 13.5. The highest BCUT2D eigenvalue weighted by molar-refractivity contribution is 5.94. The molecule has 0 unspecified atom stereocenters. The number of carbonyl (C=O) groups is 1. The number of amides is 1. The molecule has 1 saturated heterocycles. The van der Waals surface area contributed by atoms with Gasteiger partial charge in [-0.2, -0.15) is 5.10 Å². The molecule has 0 radical (unpaired) electrons. The van der Waals surface area contributed by atoms with Crippen molar-refractivity contribution in [3.8, 4) is 0 Å². The molecule has 0 bridgehead atoms. The Hall–Kier alpha value is -1.40. The third-order valence-electron chi connectivity index (χ3n) is 5.31. The number of aryl methyl sites for hydroxylation is 1. The van der Waals surface area contributed by atoms with E-state index in [0.29, 0.717) is 12.3 Å². The summed E-state index contributed by atoms with van der Waals surface area (Å²) in [4.78, 5) is 15.0. The quantitative estimate of drug-likeness (QED) is 0.851. The predicted molar refractivity (Wildman–Crippen MR) is 91.0 cm³/mol. The van der Waals surface area contributed by atoms with Crippen molar-refractivity contribution in [3.05, 3.63) is 17.0 Å². The van der Waals surface area contributed by atoms with E-state index in [0.717, 1.165) is 43.6 Å². The van der Waals surface area contributed by atoms with Crippen molar-refractivity contribution in [2.24, 2.45) is 7.05 Å². The summed E-state index contributed by atoms with van der Waals surface area (Å²) in [6.45, 7) is 10.4. The third kappa shape index (κ3) is 3.09. The molecule has 0 aromatic carbocycles. The third-order valence-corrected chi connectivity index (χ3v) is 5.31. The van der Waals surface area contributed by atoms with Crippen LogP contribution in [0.25, 0.3) is 0 Å². The van der Waals surface area contributed by atoms with Crippen molar-refractivity contribution in [1.82, 2.24) is 14.7 Å². The van der Waals surface area contributed by atoms with Gasteiger partial charge in [0.25, 0.3) is 5.91 Å². The van der Waals surface area contributed by atoms with Crippen LogP contribution >= 0.6 is 0 Å². The maximum atomic E-state index is 13.0. The number of ether oxygens (including phenoxy) is 2. The number of fused-ring (bicyclic) bond motifs is 1. The second-order valence-electron chi connectivity index (χ2n) is 7.30. The fourth-order valence-corrected chi connectivity index (χ4v) is 4.04. The first-order valence-corrected chi connectivity index (χ1v) is 8.99. The molecule has 24 heavy (non-hydrogen) atoms. The average molecular weight is 335 g/mol. The van der Waals surface area contributed by atoms with Crippen LogP contribution in [-0.4, -0.2) is 52.0 Å². The van der Waals surface area contributed by atoms with Crippen LogP contribution in [0.15, 0.2) is 0 Å². The van der Waals surface area contributed by atoms with Crippen molar-refractivity contribution in [2.75, 3.05) is 19.7 Å². The van der Waals surface area contributed by atoms with E-state index in [1.54, 1.807) is 0 Å². The average Bonchev–Trinajstić information content (AvgIpc) is 2.84. The van der Waals surface area contributed by atoms with E-state index < -0.39 is 0 Å². The van der Waals surface area contributed by atoms with Crippen LogP contribution in [0, 0.1) is 0 Å². The maximum Gasteiger partial charge on any atom is 0.274 e. The minimum absolute atomic E-state index is 0.0228. The molecule has 1 aromatic heterocycles. The van der Waals surface area contributed by atoms with Crippen molar-refractivity contribution in [3.63, 3.8) is 0 Å². The summed E-state index contributed by atoms with van der Waals surface area (Å²) in [5, 5.41) is 4.54. The lowest BCUT2D eigenvalue weighted by Crippen LogP contribution is -2.46. The Morgan fingerprint density at radius 1 is 1.38 bits per heavy atom.